The summed E-state index contributed by atoms with van der Waals surface area (Å²) < 4.78 is 39.1. The van der Waals surface area contributed by atoms with E-state index in [-0.39, 0.29) is 63.1 Å². The third kappa shape index (κ3) is 8.24. The fourth-order valence-corrected chi connectivity index (χ4v) is 9.62. The summed E-state index contributed by atoms with van der Waals surface area (Å²) in [5.41, 5.74) is -7.18. The van der Waals surface area contributed by atoms with E-state index in [1.165, 1.54) is 12.2 Å². The normalized spacial score (nSPS) is 30.4. The molecule has 0 aliphatic heterocycles. The number of carbonyl (C=O) groups is 5. The molecule has 0 spiro atoms. The zero-order valence-corrected chi connectivity index (χ0v) is 32.4. The van der Waals surface area contributed by atoms with Crippen LogP contribution in [0.15, 0.2) is 35.9 Å². The van der Waals surface area contributed by atoms with E-state index in [0.717, 1.165) is 12.1 Å². The fourth-order valence-electron chi connectivity index (χ4n) is 9.62. The van der Waals surface area contributed by atoms with E-state index in [4.69, 9.17) is 18.9 Å². The number of alkyl halides is 1. The number of esters is 2. The largest absolute Gasteiger partial charge is 0.514 e. The highest BCUT2D eigenvalue weighted by atomic mass is 19.1. The first-order chi connectivity index (χ1) is 27.7. The van der Waals surface area contributed by atoms with Gasteiger partial charge in [0, 0.05) is 35.5 Å². The number of phenols is 2. The van der Waals surface area contributed by atoms with Crippen LogP contribution < -0.4 is 4.74 Å². The highest BCUT2D eigenvalue weighted by Crippen LogP contribution is 2.71. The fraction of sp³-hybridized carbons (Fsp3) is 0.605. The van der Waals surface area contributed by atoms with Gasteiger partial charge in [0.1, 0.15) is 0 Å². The Bertz CT molecular complexity index is 1950. The van der Waals surface area contributed by atoms with Crippen molar-refractivity contribution in [3.05, 3.63) is 61.7 Å². The van der Waals surface area contributed by atoms with Gasteiger partial charge in [-0.1, -0.05) is 31.6 Å². The van der Waals surface area contributed by atoms with Crippen molar-refractivity contribution < 1.29 is 82.5 Å². The van der Waals surface area contributed by atoms with Crippen LogP contribution in [0.25, 0.3) is 0 Å². The van der Waals surface area contributed by atoms with Crippen molar-refractivity contribution in [1.29, 1.82) is 0 Å². The molecule has 3 N–H and O–H groups in total. The van der Waals surface area contributed by atoms with Crippen LogP contribution in [0.3, 0.4) is 0 Å². The number of aromatic hydroxyl groups is 2. The minimum absolute atomic E-state index is 0.0264. The first-order valence-electron chi connectivity index (χ1n) is 18.9. The summed E-state index contributed by atoms with van der Waals surface area (Å²) in [6.07, 6.45) is 0.650. The number of Topliss-reactive ketones (excluding diaryl/α,β-unsaturated/α-hetero) is 1. The number of halogens is 1. The third-order valence-electron chi connectivity index (χ3n) is 12.3. The van der Waals surface area contributed by atoms with Gasteiger partial charge in [-0.15, -0.1) is 20.2 Å². The molecule has 59 heavy (non-hydrogen) atoms. The molecule has 1 aromatic rings. The Labute approximate surface area is 335 Å². The number of carbonyl (C=O) groups excluding carboxylic acids is 5. The third-order valence-corrected chi connectivity index (χ3v) is 12.3. The van der Waals surface area contributed by atoms with Crippen molar-refractivity contribution in [2.75, 3.05) is 26.4 Å². The minimum atomic E-state index is -2.30. The van der Waals surface area contributed by atoms with Crippen molar-refractivity contribution in [3.8, 4) is 17.2 Å². The molecule has 2 fully saturated rings. The van der Waals surface area contributed by atoms with Crippen LogP contribution in [-0.2, 0) is 38.3 Å². The van der Waals surface area contributed by atoms with Gasteiger partial charge in [-0.05, 0) is 69.6 Å². The van der Waals surface area contributed by atoms with E-state index in [2.05, 4.69) is 9.68 Å². The molecule has 5 rings (SSSR count). The second kappa shape index (κ2) is 17.2. The van der Waals surface area contributed by atoms with Gasteiger partial charge < -0.3 is 43.9 Å². The standard InChI is InChI=1S/C38H45FN2O18/c1-21-15-26-25-9-8-23-18-24(42)10-11-35(23,2)37(25,39)29(44)19-36(26,3)38(21,59-31(46)7-6-14-57-41(52)53)30(45)20-55-34(49)58-28-17-22(16-27(43)32(28)47)33(48)54-12-4-5-13-56-40(50)51/h8,10-11,16-17,21,25-26,29,43-44,47H,4-7,9,12-15,18-20H2,1-3H3/t21-,25?,26?,29-,35-,36-,37-,38-/m0/s1. The van der Waals surface area contributed by atoms with Crippen molar-refractivity contribution in [2.45, 2.75) is 89.5 Å². The molecule has 21 heteroatoms. The number of aliphatic hydroxyl groups is 1. The topological polar surface area (TPSA) is 288 Å². The average molecular weight is 837 g/mol. The number of allylic oxidation sites excluding steroid dienone is 4. The molecular weight excluding hydrogens is 791 g/mol. The van der Waals surface area contributed by atoms with E-state index in [0.29, 0.717) is 5.57 Å². The first kappa shape index (κ1) is 44.2. The second-order valence-electron chi connectivity index (χ2n) is 15.6. The summed E-state index contributed by atoms with van der Waals surface area (Å²) in [5.74, 6) is -8.40. The summed E-state index contributed by atoms with van der Waals surface area (Å²) >= 11 is 0. The maximum atomic E-state index is 17.8. The van der Waals surface area contributed by atoms with Gasteiger partial charge in [-0.25, -0.2) is 14.0 Å². The molecule has 2 saturated carbocycles. The number of phenolic OH excluding ortho intramolecular Hbond substituents is 2. The number of rotatable bonds is 17. The molecule has 0 bridgehead atoms. The van der Waals surface area contributed by atoms with E-state index >= 15 is 4.39 Å². The lowest BCUT2D eigenvalue weighted by Crippen LogP contribution is -2.69. The molecule has 322 valence electrons. The SMILES string of the molecule is C[C@H]1CC2C3CC=C4CC(=O)C=C[C@]4(C)[C@@]3(F)[C@@H](O)C[C@]2(C)[C@@]1(OC(=O)CCCO[N+](=O)[O-])C(=O)COC(=O)Oc1cc(C(=O)OCCCCO[N+](=O)[O-])cc(O)c1O. The van der Waals surface area contributed by atoms with Crippen molar-refractivity contribution in [3.63, 3.8) is 0 Å². The highest BCUT2D eigenvalue weighted by Gasteiger charge is 2.77. The lowest BCUT2D eigenvalue weighted by molar-refractivity contribution is -0.757. The van der Waals surface area contributed by atoms with E-state index < -0.39 is 123 Å². The molecule has 0 amide bonds. The molecule has 0 saturated heterocycles. The summed E-state index contributed by atoms with van der Waals surface area (Å²) in [5, 5.41) is 51.3. The number of aliphatic hydroxyl groups excluding tert-OH is 1. The lowest BCUT2D eigenvalue weighted by Gasteiger charge is -2.62. The monoisotopic (exact) mass is 836 g/mol. The van der Waals surface area contributed by atoms with Gasteiger partial charge in [0.05, 0.1) is 31.5 Å². The highest BCUT2D eigenvalue weighted by molar-refractivity contribution is 5.95. The zero-order valence-electron chi connectivity index (χ0n) is 32.4. The van der Waals surface area contributed by atoms with Crippen LogP contribution in [0.4, 0.5) is 9.18 Å². The van der Waals surface area contributed by atoms with Crippen LogP contribution in [-0.4, -0.2) is 99.0 Å². The number of ketones is 2. The summed E-state index contributed by atoms with van der Waals surface area (Å²) in [6.45, 7) is 2.75. The van der Waals surface area contributed by atoms with E-state index in [1.807, 2.05) is 0 Å². The van der Waals surface area contributed by atoms with Crippen molar-refractivity contribution in [1.82, 2.24) is 0 Å². The summed E-state index contributed by atoms with van der Waals surface area (Å²) in [6, 6.07) is 1.65. The quantitative estimate of drug-likeness (QED) is 0.0289. The molecule has 20 nitrogen and oxygen atoms in total. The Hall–Kier alpha value is -5.86. The van der Waals surface area contributed by atoms with Gasteiger partial charge in [-0.2, -0.15) is 0 Å². The molecule has 8 atom stereocenters. The first-order valence-corrected chi connectivity index (χ1v) is 18.9. The Morgan fingerprint density at radius 3 is 2.31 bits per heavy atom. The number of fused-ring (bicyclic) bond motifs is 5. The van der Waals surface area contributed by atoms with Gasteiger partial charge in [0.2, 0.25) is 11.5 Å². The molecule has 4 aliphatic carbocycles. The van der Waals surface area contributed by atoms with Crippen molar-refractivity contribution >= 4 is 29.7 Å². The number of nitrogens with zero attached hydrogens (tertiary/aromatic N) is 2. The number of hydrogen-bond donors (Lipinski definition) is 3. The number of benzene rings is 1. The molecule has 1 aromatic carbocycles. The Kier molecular flexibility index (Phi) is 12.9. The second-order valence-corrected chi connectivity index (χ2v) is 15.6. The maximum Gasteiger partial charge on any atom is 0.514 e. The Morgan fingerprint density at radius 2 is 1.63 bits per heavy atom. The van der Waals surface area contributed by atoms with Gasteiger partial charge in [-0.3, -0.25) is 14.4 Å². The minimum Gasteiger partial charge on any atom is -0.504 e. The predicted molar refractivity (Wildman–Crippen MR) is 193 cm³/mol. The van der Waals surface area contributed by atoms with Gasteiger partial charge in [0.15, 0.2) is 35.2 Å². The number of unbranched alkanes of at least 4 members (excludes halogenated alkanes) is 1. The molecule has 0 radical (unpaired) electrons. The zero-order chi connectivity index (χ0) is 43.5. The van der Waals surface area contributed by atoms with Gasteiger partial charge >= 0.3 is 18.1 Å². The smallest absolute Gasteiger partial charge is 0.504 e. The van der Waals surface area contributed by atoms with Gasteiger partial charge in [0.25, 0.3) is 10.2 Å². The van der Waals surface area contributed by atoms with Crippen LogP contribution in [0.5, 0.6) is 17.2 Å². The molecule has 2 unspecified atom stereocenters. The molecule has 0 aromatic heterocycles. The molecule has 4 aliphatic rings. The predicted octanol–water partition coefficient (Wildman–Crippen LogP) is 4.21. The summed E-state index contributed by atoms with van der Waals surface area (Å²) in [4.78, 5) is 95.2. The van der Waals surface area contributed by atoms with Crippen LogP contribution in [0.2, 0.25) is 0 Å². The Morgan fingerprint density at radius 1 is 0.966 bits per heavy atom. The average Bonchev–Trinajstić information content (AvgIpc) is 3.38. The van der Waals surface area contributed by atoms with Crippen LogP contribution >= 0.6 is 0 Å². The van der Waals surface area contributed by atoms with Crippen molar-refractivity contribution in [2.24, 2.45) is 28.6 Å². The van der Waals surface area contributed by atoms with E-state index in [9.17, 15) is 59.5 Å². The summed E-state index contributed by atoms with van der Waals surface area (Å²) in [7, 11) is 0. The van der Waals surface area contributed by atoms with Crippen LogP contribution in [0, 0.1) is 48.8 Å². The lowest BCUT2D eigenvalue weighted by atomic mass is 9.45. The van der Waals surface area contributed by atoms with E-state index in [1.54, 1.807) is 26.8 Å². The molecular formula is C38H45FN2O18. The Balaban J connectivity index is 1.37. The number of ether oxygens (including phenoxy) is 4. The molecule has 0 heterocycles. The van der Waals surface area contributed by atoms with Crippen LogP contribution in [0.1, 0.15) is 82.5 Å². The maximum absolute atomic E-state index is 17.8. The number of hydrogen-bond acceptors (Lipinski definition) is 18.